The molecule has 0 atom stereocenters. The van der Waals surface area contributed by atoms with Gasteiger partial charge >= 0.3 is 15.5 Å². The predicted molar refractivity (Wildman–Crippen MR) is 91.5 cm³/mol. The van der Waals surface area contributed by atoms with Crippen molar-refractivity contribution in [2.45, 2.75) is 31.8 Å². The van der Waals surface area contributed by atoms with Crippen LogP contribution in [0.2, 0.25) is 0 Å². The Morgan fingerprint density at radius 2 is 1.93 bits per heavy atom. The lowest BCUT2D eigenvalue weighted by Crippen LogP contribution is -2.32. The number of benzene rings is 1. The van der Waals surface area contributed by atoms with E-state index in [0.717, 1.165) is 6.07 Å². The summed E-state index contributed by atoms with van der Waals surface area (Å²) in [6.07, 6.45) is 1.91. The first-order valence-electron chi connectivity index (χ1n) is 7.87. The molecule has 12 heteroatoms. The molecule has 0 aliphatic rings. The summed E-state index contributed by atoms with van der Waals surface area (Å²) < 4.78 is 63.4. The zero-order chi connectivity index (χ0) is 20.2. The molecule has 0 saturated carbocycles. The van der Waals surface area contributed by atoms with Crippen LogP contribution in [0.15, 0.2) is 30.6 Å². The quantitative estimate of drug-likeness (QED) is 0.734. The first-order valence-corrected chi connectivity index (χ1v) is 9.36. The second kappa shape index (κ2) is 7.94. The fraction of sp³-hybridized carbons (Fsp3) is 0.400. The average molecular weight is 405 g/mol. The van der Waals surface area contributed by atoms with Crippen LogP contribution in [0.4, 0.5) is 18.9 Å². The topological polar surface area (TPSA) is 106 Å². The Balaban J connectivity index is 2.08. The van der Waals surface area contributed by atoms with Crippen LogP contribution in [0.5, 0.6) is 0 Å². The van der Waals surface area contributed by atoms with E-state index >= 15 is 0 Å². The minimum Gasteiger partial charge on any atom is -0.352 e. The number of sulfonamides is 1. The third kappa shape index (κ3) is 4.96. The number of hydrogen-bond acceptors (Lipinski definition) is 5. The first-order chi connectivity index (χ1) is 12.5. The summed E-state index contributed by atoms with van der Waals surface area (Å²) >= 11 is 0. The summed E-state index contributed by atoms with van der Waals surface area (Å²) in [6, 6.07) is 5.16. The van der Waals surface area contributed by atoms with E-state index < -0.39 is 27.1 Å². The molecule has 2 N–H and O–H groups in total. The summed E-state index contributed by atoms with van der Waals surface area (Å²) in [4.78, 5) is 12.3. The number of carbonyl (C=O) groups excluding carboxylic acids is 1. The van der Waals surface area contributed by atoms with E-state index in [1.54, 1.807) is 6.33 Å². The molecular formula is C15H18F3N5O3S. The van der Waals surface area contributed by atoms with Crippen molar-refractivity contribution in [2.75, 3.05) is 11.3 Å². The molecule has 0 fully saturated rings. The molecule has 0 saturated heterocycles. The molecule has 1 heterocycles. The van der Waals surface area contributed by atoms with E-state index in [1.807, 2.05) is 18.4 Å². The van der Waals surface area contributed by atoms with Gasteiger partial charge in [-0.15, -0.1) is 10.2 Å². The molecule has 27 heavy (non-hydrogen) atoms. The van der Waals surface area contributed by atoms with Crippen LogP contribution >= 0.6 is 0 Å². The largest absolute Gasteiger partial charge is 0.516 e. The van der Waals surface area contributed by atoms with Gasteiger partial charge in [0.2, 0.25) is 0 Å². The van der Waals surface area contributed by atoms with Crippen LogP contribution in [0.3, 0.4) is 0 Å². The van der Waals surface area contributed by atoms with Crippen LogP contribution in [-0.2, 0) is 16.4 Å². The molecule has 2 aromatic rings. The van der Waals surface area contributed by atoms with Gasteiger partial charge in [-0.25, -0.2) is 0 Å². The van der Waals surface area contributed by atoms with E-state index in [4.69, 9.17) is 0 Å². The van der Waals surface area contributed by atoms with Crippen molar-refractivity contribution in [1.82, 2.24) is 20.1 Å². The number of amides is 1. The molecule has 0 bridgehead atoms. The van der Waals surface area contributed by atoms with Gasteiger partial charge < -0.3 is 9.88 Å². The van der Waals surface area contributed by atoms with Crippen LogP contribution in [0, 0.1) is 0 Å². The van der Waals surface area contributed by atoms with Crippen LogP contribution < -0.4 is 10.0 Å². The molecule has 0 spiro atoms. The highest BCUT2D eigenvalue weighted by atomic mass is 32.2. The number of nitrogens with zero attached hydrogens (tertiary/aromatic N) is 3. The molecule has 8 nitrogen and oxygen atoms in total. The third-order valence-corrected chi connectivity index (χ3v) is 4.66. The van der Waals surface area contributed by atoms with Gasteiger partial charge in [0.15, 0.2) is 0 Å². The molecule has 1 aromatic carbocycles. The van der Waals surface area contributed by atoms with Gasteiger partial charge in [-0.05, 0) is 26.0 Å². The minimum absolute atomic E-state index is 0.128. The van der Waals surface area contributed by atoms with Crippen LogP contribution in [0.1, 0.15) is 36.1 Å². The van der Waals surface area contributed by atoms with Gasteiger partial charge in [-0.3, -0.25) is 9.52 Å². The number of nitrogens with one attached hydrogen (secondary N) is 2. The minimum atomic E-state index is -5.63. The Bertz CT molecular complexity index is 909. The van der Waals surface area contributed by atoms with Gasteiger partial charge in [0.05, 0.1) is 11.3 Å². The highest BCUT2D eigenvalue weighted by molar-refractivity contribution is 7.93. The van der Waals surface area contributed by atoms with Crippen molar-refractivity contribution in [3.8, 4) is 0 Å². The summed E-state index contributed by atoms with van der Waals surface area (Å²) in [6.45, 7) is 4.02. The van der Waals surface area contributed by atoms with Gasteiger partial charge in [-0.1, -0.05) is 12.1 Å². The maximum atomic E-state index is 12.5. The molecule has 148 valence electrons. The van der Waals surface area contributed by atoms with Crippen molar-refractivity contribution >= 4 is 21.6 Å². The second-order valence-corrected chi connectivity index (χ2v) is 7.52. The number of halogens is 3. The molecule has 1 amide bonds. The molecule has 1 aromatic heterocycles. The standard InChI is InChI=1S/C15H18F3N5O3S/c1-10(2)23-9-20-21-13(23)7-8-19-14(24)11-5-3-4-6-12(11)22-27(25,26)15(16,17)18/h3-6,9-10,22H,7-8H2,1-2H3,(H,19,24). The van der Waals surface area contributed by atoms with Gasteiger partial charge in [-0.2, -0.15) is 21.6 Å². The molecule has 0 aliphatic carbocycles. The molecule has 0 unspecified atom stereocenters. The van der Waals surface area contributed by atoms with E-state index in [0.29, 0.717) is 12.2 Å². The lowest BCUT2D eigenvalue weighted by atomic mass is 10.1. The normalized spacial score (nSPS) is 12.2. The number of anilines is 1. The predicted octanol–water partition coefficient (Wildman–Crippen LogP) is 2.09. The maximum Gasteiger partial charge on any atom is 0.516 e. The monoisotopic (exact) mass is 405 g/mol. The van der Waals surface area contributed by atoms with Gasteiger partial charge in [0, 0.05) is 19.0 Å². The van der Waals surface area contributed by atoms with Gasteiger partial charge in [0.1, 0.15) is 12.2 Å². The lowest BCUT2D eigenvalue weighted by molar-refractivity contribution is -0.0429. The average Bonchev–Trinajstić information content (AvgIpc) is 3.02. The van der Waals surface area contributed by atoms with Crippen molar-refractivity contribution in [2.24, 2.45) is 0 Å². The number of rotatable bonds is 7. The zero-order valence-electron chi connectivity index (χ0n) is 14.5. The van der Waals surface area contributed by atoms with Crippen molar-refractivity contribution in [3.05, 3.63) is 42.0 Å². The Kier molecular flexibility index (Phi) is 6.08. The summed E-state index contributed by atoms with van der Waals surface area (Å²) in [7, 11) is -5.63. The number of para-hydroxylation sites is 1. The summed E-state index contributed by atoms with van der Waals surface area (Å²) in [5.74, 6) is -0.0811. The summed E-state index contributed by atoms with van der Waals surface area (Å²) in [5, 5.41) is 10.3. The van der Waals surface area contributed by atoms with E-state index in [-0.39, 0.29) is 18.2 Å². The van der Waals surface area contributed by atoms with E-state index in [1.165, 1.54) is 22.9 Å². The second-order valence-electron chi connectivity index (χ2n) is 5.85. The highest BCUT2D eigenvalue weighted by Crippen LogP contribution is 2.26. The fourth-order valence-corrected chi connectivity index (χ4v) is 2.82. The Hall–Kier alpha value is -2.63. The smallest absolute Gasteiger partial charge is 0.352 e. The highest BCUT2D eigenvalue weighted by Gasteiger charge is 2.46. The Morgan fingerprint density at radius 3 is 2.56 bits per heavy atom. The van der Waals surface area contributed by atoms with E-state index in [9.17, 15) is 26.4 Å². The van der Waals surface area contributed by atoms with Crippen LogP contribution in [-0.4, -0.2) is 41.1 Å². The maximum absolute atomic E-state index is 12.5. The van der Waals surface area contributed by atoms with Crippen molar-refractivity contribution < 1.29 is 26.4 Å². The van der Waals surface area contributed by atoms with E-state index in [2.05, 4.69) is 15.5 Å². The van der Waals surface area contributed by atoms with Crippen molar-refractivity contribution in [3.63, 3.8) is 0 Å². The number of hydrogen-bond donors (Lipinski definition) is 2. The zero-order valence-corrected chi connectivity index (χ0v) is 15.3. The lowest BCUT2D eigenvalue weighted by Gasteiger charge is -2.14. The SMILES string of the molecule is CC(C)n1cnnc1CCNC(=O)c1ccccc1NS(=O)(=O)C(F)(F)F. The molecule has 0 radical (unpaired) electrons. The third-order valence-electron chi connectivity index (χ3n) is 3.56. The molecule has 0 aliphatic heterocycles. The number of aromatic nitrogens is 3. The Morgan fingerprint density at radius 1 is 1.26 bits per heavy atom. The fourth-order valence-electron chi connectivity index (χ4n) is 2.23. The Labute approximate surface area is 153 Å². The van der Waals surface area contributed by atoms with Crippen LogP contribution in [0.25, 0.3) is 0 Å². The number of carbonyl (C=O) groups is 1. The number of alkyl halides is 3. The van der Waals surface area contributed by atoms with Crippen molar-refractivity contribution in [1.29, 1.82) is 0 Å². The van der Waals surface area contributed by atoms with Gasteiger partial charge in [0.25, 0.3) is 5.91 Å². The molecule has 2 rings (SSSR count). The summed E-state index contributed by atoms with van der Waals surface area (Å²) in [5.41, 5.74) is -6.18. The first kappa shape index (κ1) is 20.7. The molecular weight excluding hydrogens is 387 g/mol.